The molecule has 0 atom stereocenters. The van der Waals surface area contributed by atoms with Crippen LogP contribution in [0.3, 0.4) is 0 Å². The third kappa shape index (κ3) is 3.17. The van der Waals surface area contributed by atoms with Gasteiger partial charge in [0.25, 0.3) is 0 Å². The molecule has 1 amide bonds. The molecule has 4 N–H and O–H groups in total. The summed E-state index contributed by atoms with van der Waals surface area (Å²) in [6, 6.07) is 4.87. The van der Waals surface area contributed by atoms with E-state index in [1.165, 1.54) is 6.07 Å². The number of nitrogens with two attached hydrogens (primary N) is 1. The molecule has 1 aromatic carbocycles. The van der Waals surface area contributed by atoms with Gasteiger partial charge in [-0.1, -0.05) is 11.6 Å². The summed E-state index contributed by atoms with van der Waals surface area (Å²) in [6.45, 7) is 8.79. The minimum Gasteiger partial charge on any atom is -0.478 e. The number of hydrogen-bond acceptors (Lipinski definition) is 3. The molecule has 0 aliphatic heterocycles. The van der Waals surface area contributed by atoms with E-state index in [1.807, 2.05) is 0 Å². The molecule has 110 valence electrons. The van der Waals surface area contributed by atoms with Crippen LogP contribution in [-0.4, -0.2) is 22.5 Å². The van der Waals surface area contributed by atoms with Crippen molar-refractivity contribution in [1.82, 2.24) is 0 Å². The Hall–Kier alpha value is -1.88. The lowest BCUT2D eigenvalue weighted by atomic mass is 9.74. The topological polar surface area (TPSA) is 92.4 Å². The number of hydrogen-bond donors (Lipinski definition) is 3. The maximum atomic E-state index is 12.4. The molecule has 1 rings (SSSR count). The first-order valence-electron chi connectivity index (χ1n) is 6.41. The lowest BCUT2D eigenvalue weighted by Gasteiger charge is -2.37. The highest BCUT2D eigenvalue weighted by atomic mass is 16.4. The summed E-state index contributed by atoms with van der Waals surface area (Å²) in [6.07, 6.45) is 0. The van der Waals surface area contributed by atoms with Crippen molar-refractivity contribution in [2.24, 2.45) is 11.1 Å². The van der Waals surface area contributed by atoms with Gasteiger partial charge in [-0.2, -0.15) is 0 Å². The Morgan fingerprint density at radius 3 is 2.20 bits per heavy atom. The number of carboxylic acids is 1. The molecule has 0 aromatic heterocycles. The first kappa shape index (κ1) is 16.2. The summed E-state index contributed by atoms with van der Waals surface area (Å²) in [7, 11) is 0. The number of aryl methyl sites for hydroxylation is 1. The molecule has 0 radical (unpaired) electrons. The van der Waals surface area contributed by atoms with Crippen molar-refractivity contribution < 1.29 is 14.7 Å². The van der Waals surface area contributed by atoms with Gasteiger partial charge in [0.2, 0.25) is 5.91 Å². The molecule has 0 bridgehead atoms. The number of benzene rings is 1. The van der Waals surface area contributed by atoms with Gasteiger partial charge >= 0.3 is 5.97 Å². The number of carbonyl (C=O) groups excluding carboxylic acids is 1. The van der Waals surface area contributed by atoms with Crippen molar-refractivity contribution in [3.63, 3.8) is 0 Å². The molecule has 0 spiro atoms. The lowest BCUT2D eigenvalue weighted by Crippen LogP contribution is -2.53. The molecule has 0 unspecified atom stereocenters. The van der Waals surface area contributed by atoms with Crippen molar-refractivity contribution >= 4 is 17.6 Å². The largest absolute Gasteiger partial charge is 0.478 e. The van der Waals surface area contributed by atoms with Gasteiger partial charge in [-0.05, 0) is 46.8 Å². The third-order valence-corrected chi connectivity index (χ3v) is 3.83. The second kappa shape index (κ2) is 5.25. The zero-order valence-electron chi connectivity index (χ0n) is 12.6. The van der Waals surface area contributed by atoms with Gasteiger partial charge in [0.1, 0.15) is 0 Å². The van der Waals surface area contributed by atoms with Crippen LogP contribution in [0.4, 0.5) is 5.69 Å². The summed E-state index contributed by atoms with van der Waals surface area (Å²) in [4.78, 5) is 23.6. The number of rotatable bonds is 4. The Bertz CT molecular complexity index is 543. The Kier molecular flexibility index (Phi) is 4.24. The minimum absolute atomic E-state index is 0.0731. The summed E-state index contributed by atoms with van der Waals surface area (Å²) >= 11 is 0. The highest BCUT2D eigenvalue weighted by Crippen LogP contribution is 2.30. The highest BCUT2D eigenvalue weighted by molar-refractivity contribution is 6.02. The summed E-state index contributed by atoms with van der Waals surface area (Å²) in [5.41, 5.74) is 5.62. The van der Waals surface area contributed by atoms with Crippen molar-refractivity contribution in [1.29, 1.82) is 0 Å². The van der Waals surface area contributed by atoms with Crippen LogP contribution in [-0.2, 0) is 4.79 Å². The molecule has 5 heteroatoms. The van der Waals surface area contributed by atoms with E-state index in [0.29, 0.717) is 0 Å². The molecule has 0 aliphatic carbocycles. The average Bonchev–Trinajstić information content (AvgIpc) is 2.29. The maximum Gasteiger partial charge on any atom is 0.337 e. The Labute approximate surface area is 119 Å². The number of carbonyl (C=O) groups is 2. The maximum absolute atomic E-state index is 12.4. The standard InChI is InChI=1S/C15H22N2O3/c1-9-6-7-11(10(8-9)12(18)19)17-13(20)14(2,3)15(4,5)16/h6-8H,16H2,1-5H3,(H,17,20)(H,18,19). The normalized spacial score (nSPS) is 12.1. The predicted molar refractivity (Wildman–Crippen MR) is 78.8 cm³/mol. The molecular formula is C15H22N2O3. The Morgan fingerprint density at radius 2 is 1.75 bits per heavy atom. The first-order chi connectivity index (χ1) is 8.96. The van der Waals surface area contributed by atoms with E-state index in [-0.39, 0.29) is 17.2 Å². The lowest BCUT2D eigenvalue weighted by molar-refractivity contribution is -0.126. The molecule has 0 fully saturated rings. The van der Waals surface area contributed by atoms with Gasteiger partial charge in [-0.15, -0.1) is 0 Å². The summed E-state index contributed by atoms with van der Waals surface area (Å²) < 4.78 is 0. The van der Waals surface area contributed by atoms with Crippen molar-refractivity contribution in [2.75, 3.05) is 5.32 Å². The minimum atomic E-state index is -1.08. The predicted octanol–water partition coefficient (Wildman–Crippen LogP) is 2.40. The van der Waals surface area contributed by atoms with E-state index in [4.69, 9.17) is 5.73 Å². The number of carboxylic acid groups (broad SMARTS) is 1. The number of amides is 1. The van der Waals surface area contributed by atoms with E-state index >= 15 is 0 Å². The van der Waals surface area contributed by atoms with E-state index in [0.717, 1.165) is 5.56 Å². The monoisotopic (exact) mass is 278 g/mol. The fraction of sp³-hybridized carbons (Fsp3) is 0.467. The van der Waals surface area contributed by atoms with E-state index in [9.17, 15) is 14.7 Å². The van der Waals surface area contributed by atoms with Crippen molar-refractivity contribution in [3.8, 4) is 0 Å². The van der Waals surface area contributed by atoms with Gasteiger partial charge in [0, 0.05) is 5.54 Å². The van der Waals surface area contributed by atoms with E-state index in [2.05, 4.69) is 5.32 Å². The molecule has 0 saturated carbocycles. The van der Waals surface area contributed by atoms with E-state index in [1.54, 1.807) is 46.8 Å². The Balaban J connectivity index is 3.12. The molecule has 0 saturated heterocycles. The molecule has 20 heavy (non-hydrogen) atoms. The van der Waals surface area contributed by atoms with Crippen LogP contribution in [0.2, 0.25) is 0 Å². The SMILES string of the molecule is Cc1ccc(NC(=O)C(C)(C)C(C)(C)N)c(C(=O)O)c1. The first-order valence-corrected chi connectivity index (χ1v) is 6.41. The molecule has 0 heterocycles. The fourth-order valence-electron chi connectivity index (χ4n) is 1.52. The van der Waals surface area contributed by atoms with Crippen LogP contribution in [0.5, 0.6) is 0 Å². The quantitative estimate of drug-likeness (QED) is 0.788. The smallest absolute Gasteiger partial charge is 0.337 e. The molecule has 1 aromatic rings. The Morgan fingerprint density at radius 1 is 1.20 bits per heavy atom. The number of nitrogens with one attached hydrogen (secondary N) is 1. The van der Waals surface area contributed by atoms with Crippen LogP contribution in [0.1, 0.15) is 43.6 Å². The van der Waals surface area contributed by atoms with Crippen LogP contribution in [0, 0.1) is 12.3 Å². The van der Waals surface area contributed by atoms with Gasteiger partial charge in [-0.25, -0.2) is 4.79 Å². The zero-order chi connectivity index (χ0) is 15.7. The fourth-order valence-corrected chi connectivity index (χ4v) is 1.52. The van der Waals surface area contributed by atoms with Crippen molar-refractivity contribution in [2.45, 2.75) is 40.2 Å². The van der Waals surface area contributed by atoms with Crippen LogP contribution < -0.4 is 11.1 Å². The van der Waals surface area contributed by atoms with Crippen LogP contribution in [0.25, 0.3) is 0 Å². The summed E-state index contributed by atoms with van der Waals surface area (Å²) in [5.74, 6) is -1.38. The van der Waals surface area contributed by atoms with Crippen LogP contribution in [0.15, 0.2) is 18.2 Å². The average molecular weight is 278 g/mol. The molecular weight excluding hydrogens is 256 g/mol. The van der Waals surface area contributed by atoms with Crippen LogP contribution >= 0.6 is 0 Å². The van der Waals surface area contributed by atoms with Crippen molar-refractivity contribution in [3.05, 3.63) is 29.3 Å². The number of aromatic carboxylic acids is 1. The molecule has 5 nitrogen and oxygen atoms in total. The molecule has 0 aliphatic rings. The van der Waals surface area contributed by atoms with Gasteiger partial charge in [-0.3, -0.25) is 4.79 Å². The summed E-state index contributed by atoms with van der Waals surface area (Å²) in [5, 5.41) is 11.9. The zero-order valence-corrected chi connectivity index (χ0v) is 12.6. The number of anilines is 1. The third-order valence-electron chi connectivity index (χ3n) is 3.83. The highest BCUT2D eigenvalue weighted by Gasteiger charge is 2.40. The van der Waals surface area contributed by atoms with Gasteiger partial charge in [0.05, 0.1) is 16.7 Å². The van der Waals surface area contributed by atoms with Gasteiger partial charge < -0.3 is 16.2 Å². The van der Waals surface area contributed by atoms with E-state index < -0.39 is 16.9 Å². The van der Waals surface area contributed by atoms with Gasteiger partial charge in [0.15, 0.2) is 0 Å². The second-order valence-corrected chi connectivity index (χ2v) is 6.16. The second-order valence-electron chi connectivity index (χ2n) is 6.16.